The summed E-state index contributed by atoms with van der Waals surface area (Å²) in [6.45, 7) is 4.01. The highest BCUT2D eigenvalue weighted by Gasteiger charge is 2.12. The minimum atomic E-state index is 0.775. The summed E-state index contributed by atoms with van der Waals surface area (Å²) in [5.41, 5.74) is 1.36. The fourth-order valence-corrected chi connectivity index (χ4v) is 2.17. The molecule has 2 rings (SSSR count). The lowest BCUT2D eigenvalue weighted by atomic mass is 9.99. The van der Waals surface area contributed by atoms with Crippen molar-refractivity contribution in [1.29, 1.82) is 0 Å². The fourth-order valence-electron chi connectivity index (χ4n) is 2.17. The Labute approximate surface area is 98.0 Å². The zero-order chi connectivity index (χ0) is 11.1. The van der Waals surface area contributed by atoms with Crippen molar-refractivity contribution in [2.75, 3.05) is 19.8 Å². The van der Waals surface area contributed by atoms with Gasteiger partial charge in [-0.3, -0.25) is 0 Å². The third-order valence-electron chi connectivity index (χ3n) is 3.16. The minimum absolute atomic E-state index is 0.775. The second-order valence-electron chi connectivity index (χ2n) is 4.53. The molecule has 1 heterocycles. The van der Waals surface area contributed by atoms with Gasteiger partial charge in [-0.25, -0.2) is 0 Å². The molecule has 0 aliphatic carbocycles. The van der Waals surface area contributed by atoms with Crippen molar-refractivity contribution in [3.8, 4) is 0 Å². The van der Waals surface area contributed by atoms with E-state index in [1.165, 1.54) is 24.8 Å². The maximum absolute atomic E-state index is 5.47. The predicted octanol–water partition coefficient (Wildman–Crippen LogP) is 2.59. The van der Waals surface area contributed by atoms with E-state index in [4.69, 9.17) is 4.74 Å². The minimum Gasteiger partial charge on any atom is -0.381 e. The first kappa shape index (κ1) is 11.6. The third kappa shape index (κ3) is 3.95. The monoisotopic (exact) mass is 219 g/mol. The molecule has 0 aromatic heterocycles. The summed E-state index contributed by atoms with van der Waals surface area (Å²) >= 11 is 0. The number of nitrogens with one attached hydrogen (secondary N) is 1. The first-order valence-electron chi connectivity index (χ1n) is 6.27. The van der Waals surface area contributed by atoms with Crippen LogP contribution in [0, 0.1) is 5.92 Å². The van der Waals surface area contributed by atoms with Crippen molar-refractivity contribution in [2.45, 2.75) is 25.8 Å². The quantitative estimate of drug-likeness (QED) is 0.769. The summed E-state index contributed by atoms with van der Waals surface area (Å²) < 4.78 is 5.47. The Kier molecular flexibility index (Phi) is 4.84. The van der Waals surface area contributed by atoms with Crippen molar-refractivity contribution in [1.82, 2.24) is 5.32 Å². The second-order valence-corrected chi connectivity index (χ2v) is 4.53. The summed E-state index contributed by atoms with van der Waals surface area (Å²) in [5.74, 6) is 0.775. The molecular weight excluding hydrogens is 198 g/mol. The fraction of sp³-hybridized carbons (Fsp3) is 0.571. The van der Waals surface area contributed by atoms with Crippen molar-refractivity contribution >= 4 is 0 Å². The molecular formula is C14H21NO. The first-order chi connectivity index (χ1) is 7.95. The second kappa shape index (κ2) is 6.66. The molecule has 1 fully saturated rings. The highest BCUT2D eigenvalue weighted by Crippen LogP contribution is 2.16. The summed E-state index contributed by atoms with van der Waals surface area (Å²) in [6.07, 6.45) is 3.82. The molecule has 1 N–H and O–H groups in total. The molecule has 1 aliphatic rings. The molecule has 0 saturated carbocycles. The van der Waals surface area contributed by atoms with Gasteiger partial charge in [0.25, 0.3) is 0 Å². The van der Waals surface area contributed by atoms with Crippen molar-refractivity contribution in [3.63, 3.8) is 0 Å². The van der Waals surface area contributed by atoms with Crippen LogP contribution in [-0.4, -0.2) is 19.8 Å². The van der Waals surface area contributed by atoms with Crippen molar-refractivity contribution < 1.29 is 4.74 Å². The van der Waals surface area contributed by atoms with Crippen molar-refractivity contribution in [2.24, 2.45) is 5.92 Å². The van der Waals surface area contributed by atoms with E-state index in [2.05, 4.69) is 35.6 Å². The number of ether oxygens (including phenoxy) is 1. The number of hydrogen-bond acceptors (Lipinski definition) is 2. The Bertz CT molecular complexity index is 280. The number of benzene rings is 1. The van der Waals surface area contributed by atoms with Crippen LogP contribution in [0.3, 0.4) is 0 Å². The van der Waals surface area contributed by atoms with Crippen LogP contribution in [-0.2, 0) is 11.3 Å². The Morgan fingerprint density at radius 1 is 1.25 bits per heavy atom. The van der Waals surface area contributed by atoms with E-state index >= 15 is 0 Å². The van der Waals surface area contributed by atoms with Crippen LogP contribution in [0.15, 0.2) is 30.3 Å². The highest BCUT2D eigenvalue weighted by atomic mass is 16.5. The molecule has 16 heavy (non-hydrogen) atoms. The van der Waals surface area contributed by atoms with Crippen LogP contribution < -0.4 is 5.32 Å². The molecule has 1 atom stereocenters. The first-order valence-corrected chi connectivity index (χ1v) is 6.27. The van der Waals surface area contributed by atoms with Gasteiger partial charge < -0.3 is 10.1 Å². The third-order valence-corrected chi connectivity index (χ3v) is 3.16. The maximum Gasteiger partial charge on any atom is 0.0494 e. The van der Waals surface area contributed by atoms with E-state index in [0.29, 0.717) is 0 Å². The molecule has 1 aromatic rings. The van der Waals surface area contributed by atoms with Crippen LogP contribution in [0.1, 0.15) is 24.8 Å². The van der Waals surface area contributed by atoms with Gasteiger partial charge in [0, 0.05) is 19.8 Å². The molecule has 1 aromatic carbocycles. The van der Waals surface area contributed by atoms with Gasteiger partial charge in [-0.05, 0) is 37.3 Å². The van der Waals surface area contributed by atoms with E-state index in [1.807, 2.05) is 0 Å². The lowest BCUT2D eigenvalue weighted by molar-refractivity contribution is 0.0517. The predicted molar refractivity (Wildman–Crippen MR) is 66.3 cm³/mol. The van der Waals surface area contributed by atoms with Crippen LogP contribution in [0.2, 0.25) is 0 Å². The average Bonchev–Trinajstić information content (AvgIpc) is 2.37. The van der Waals surface area contributed by atoms with E-state index in [1.54, 1.807) is 0 Å². The largest absolute Gasteiger partial charge is 0.381 e. The molecule has 1 aliphatic heterocycles. The maximum atomic E-state index is 5.47. The zero-order valence-corrected chi connectivity index (χ0v) is 9.82. The van der Waals surface area contributed by atoms with Gasteiger partial charge >= 0.3 is 0 Å². The standard InChI is InChI=1S/C14H21NO/c1-2-5-13(6-3-1)11-15-9-8-14-7-4-10-16-12-14/h1-3,5-6,14-15H,4,7-12H2/t14-/m0/s1. The summed E-state index contributed by atoms with van der Waals surface area (Å²) in [6, 6.07) is 10.6. The Morgan fingerprint density at radius 2 is 2.12 bits per heavy atom. The lowest BCUT2D eigenvalue weighted by Crippen LogP contribution is -2.23. The molecule has 0 spiro atoms. The van der Waals surface area contributed by atoms with Crippen molar-refractivity contribution in [3.05, 3.63) is 35.9 Å². The Hall–Kier alpha value is -0.860. The van der Waals surface area contributed by atoms with E-state index in [-0.39, 0.29) is 0 Å². The summed E-state index contributed by atoms with van der Waals surface area (Å²) in [5, 5.41) is 3.49. The molecule has 1 saturated heterocycles. The van der Waals surface area contributed by atoms with Crippen LogP contribution >= 0.6 is 0 Å². The van der Waals surface area contributed by atoms with E-state index in [0.717, 1.165) is 32.2 Å². The van der Waals surface area contributed by atoms with Gasteiger partial charge in [0.2, 0.25) is 0 Å². The molecule has 0 unspecified atom stereocenters. The normalized spacial score (nSPS) is 20.9. The lowest BCUT2D eigenvalue weighted by Gasteiger charge is -2.21. The van der Waals surface area contributed by atoms with E-state index in [9.17, 15) is 0 Å². The average molecular weight is 219 g/mol. The van der Waals surface area contributed by atoms with Gasteiger partial charge in [-0.1, -0.05) is 30.3 Å². The smallest absolute Gasteiger partial charge is 0.0494 e. The Morgan fingerprint density at radius 3 is 2.88 bits per heavy atom. The van der Waals surface area contributed by atoms with Crippen LogP contribution in [0.25, 0.3) is 0 Å². The highest BCUT2D eigenvalue weighted by molar-refractivity contribution is 5.14. The number of hydrogen-bond donors (Lipinski definition) is 1. The van der Waals surface area contributed by atoms with Crippen LogP contribution in [0.5, 0.6) is 0 Å². The topological polar surface area (TPSA) is 21.3 Å². The summed E-state index contributed by atoms with van der Waals surface area (Å²) in [7, 11) is 0. The van der Waals surface area contributed by atoms with Crippen LogP contribution in [0.4, 0.5) is 0 Å². The molecule has 0 bridgehead atoms. The molecule has 2 heteroatoms. The van der Waals surface area contributed by atoms with E-state index < -0.39 is 0 Å². The van der Waals surface area contributed by atoms with Gasteiger partial charge in [0.15, 0.2) is 0 Å². The SMILES string of the molecule is c1ccc(CNCC[C@@H]2CCCOC2)cc1. The van der Waals surface area contributed by atoms with Gasteiger partial charge in [-0.15, -0.1) is 0 Å². The van der Waals surface area contributed by atoms with Gasteiger partial charge in [-0.2, -0.15) is 0 Å². The summed E-state index contributed by atoms with van der Waals surface area (Å²) in [4.78, 5) is 0. The molecule has 88 valence electrons. The van der Waals surface area contributed by atoms with Gasteiger partial charge in [0.1, 0.15) is 0 Å². The molecule has 2 nitrogen and oxygen atoms in total. The molecule has 0 amide bonds. The Balaban J connectivity index is 1.58. The van der Waals surface area contributed by atoms with Gasteiger partial charge in [0.05, 0.1) is 0 Å². The molecule has 0 radical (unpaired) electrons. The number of rotatable bonds is 5. The zero-order valence-electron chi connectivity index (χ0n) is 9.82.